The smallest absolute Gasteiger partial charge is 0.156 e. The SMILES string of the molecule is CCCC12CCC(=O)C=C1c1c(cc(OCC3=NCCN3)c(Cl)c1Cl)C2. The van der Waals surface area contributed by atoms with Crippen molar-refractivity contribution in [1.82, 2.24) is 5.32 Å². The highest BCUT2D eigenvalue weighted by Crippen LogP contribution is 2.58. The van der Waals surface area contributed by atoms with Crippen molar-refractivity contribution in [3.05, 3.63) is 33.3 Å². The third-order valence-corrected chi connectivity index (χ3v) is 6.47. The summed E-state index contributed by atoms with van der Waals surface area (Å²) in [5.74, 6) is 1.60. The van der Waals surface area contributed by atoms with Gasteiger partial charge in [-0.3, -0.25) is 9.79 Å². The predicted octanol–water partition coefficient (Wildman–Crippen LogP) is 4.46. The second-order valence-corrected chi connectivity index (χ2v) is 8.07. The number of hydrogen-bond donors (Lipinski definition) is 1. The standard InChI is InChI=1S/C20H22Cl2N2O2/c1-2-4-20-5-3-13(25)9-14(20)17-12(10-20)8-15(18(21)19(17)22)26-11-16-23-6-7-24-16/h8-9H,2-7,10-11H2,1H3,(H,23,24). The molecule has 2 aliphatic carbocycles. The third kappa shape index (κ3) is 2.93. The van der Waals surface area contributed by atoms with Gasteiger partial charge in [0, 0.05) is 23.9 Å². The molecule has 1 heterocycles. The van der Waals surface area contributed by atoms with Crippen molar-refractivity contribution < 1.29 is 9.53 Å². The zero-order valence-corrected chi connectivity index (χ0v) is 16.3. The average molecular weight is 393 g/mol. The molecule has 3 aliphatic rings. The number of nitrogens with zero attached hydrogens (tertiary/aromatic N) is 1. The Bertz CT molecular complexity index is 832. The van der Waals surface area contributed by atoms with E-state index >= 15 is 0 Å². The minimum Gasteiger partial charge on any atom is -0.484 e. The van der Waals surface area contributed by atoms with E-state index in [-0.39, 0.29) is 11.2 Å². The molecular weight excluding hydrogens is 371 g/mol. The summed E-state index contributed by atoms with van der Waals surface area (Å²) in [6.07, 6.45) is 6.29. The van der Waals surface area contributed by atoms with E-state index in [0.717, 1.165) is 61.3 Å². The summed E-state index contributed by atoms with van der Waals surface area (Å²) < 4.78 is 5.90. The number of amidine groups is 1. The van der Waals surface area contributed by atoms with Crippen LogP contribution in [0.2, 0.25) is 10.0 Å². The fourth-order valence-electron chi connectivity index (χ4n) is 4.47. The van der Waals surface area contributed by atoms with Crippen LogP contribution in [0.15, 0.2) is 17.1 Å². The van der Waals surface area contributed by atoms with E-state index in [1.807, 2.05) is 6.07 Å². The van der Waals surface area contributed by atoms with Gasteiger partial charge in [-0.2, -0.15) is 0 Å². The summed E-state index contributed by atoms with van der Waals surface area (Å²) >= 11 is 13.2. The quantitative estimate of drug-likeness (QED) is 0.804. The van der Waals surface area contributed by atoms with Gasteiger partial charge in [0.05, 0.1) is 11.6 Å². The van der Waals surface area contributed by atoms with Crippen LogP contribution >= 0.6 is 23.2 Å². The lowest BCUT2D eigenvalue weighted by Gasteiger charge is -2.33. The minimum atomic E-state index is 0.00762. The maximum Gasteiger partial charge on any atom is 0.156 e. The predicted molar refractivity (Wildman–Crippen MR) is 106 cm³/mol. The molecule has 6 heteroatoms. The number of benzene rings is 1. The molecule has 0 bridgehead atoms. The molecule has 1 aliphatic heterocycles. The van der Waals surface area contributed by atoms with Gasteiger partial charge in [0.15, 0.2) is 5.78 Å². The van der Waals surface area contributed by atoms with Crippen molar-refractivity contribution >= 4 is 40.4 Å². The van der Waals surface area contributed by atoms with Gasteiger partial charge in [-0.1, -0.05) is 36.5 Å². The molecule has 0 spiro atoms. The molecule has 4 nitrogen and oxygen atoms in total. The Morgan fingerprint density at radius 1 is 1.35 bits per heavy atom. The highest BCUT2D eigenvalue weighted by Gasteiger charge is 2.45. The van der Waals surface area contributed by atoms with E-state index in [2.05, 4.69) is 17.2 Å². The number of ether oxygens (including phenoxy) is 1. The molecule has 0 radical (unpaired) electrons. The number of fused-ring (bicyclic) bond motifs is 3. The van der Waals surface area contributed by atoms with Crippen molar-refractivity contribution in [3.8, 4) is 5.75 Å². The molecule has 0 saturated heterocycles. The number of halogens is 2. The largest absolute Gasteiger partial charge is 0.484 e. The van der Waals surface area contributed by atoms with Gasteiger partial charge in [-0.25, -0.2) is 0 Å². The first-order chi connectivity index (χ1) is 12.5. The van der Waals surface area contributed by atoms with Gasteiger partial charge in [0.25, 0.3) is 0 Å². The first-order valence-corrected chi connectivity index (χ1v) is 9.96. The van der Waals surface area contributed by atoms with Crippen molar-refractivity contribution in [2.75, 3.05) is 19.7 Å². The summed E-state index contributed by atoms with van der Waals surface area (Å²) in [4.78, 5) is 16.4. The number of allylic oxidation sites excluding steroid dienone is 2. The number of rotatable bonds is 5. The normalized spacial score (nSPS) is 23.9. The molecule has 0 saturated carbocycles. The van der Waals surface area contributed by atoms with Crippen LogP contribution in [0.4, 0.5) is 0 Å². The second kappa shape index (κ2) is 6.90. The molecule has 138 valence electrons. The lowest BCUT2D eigenvalue weighted by atomic mass is 9.70. The van der Waals surface area contributed by atoms with Gasteiger partial charge in [-0.15, -0.1) is 0 Å². The number of ketones is 1. The van der Waals surface area contributed by atoms with E-state index in [0.29, 0.717) is 28.8 Å². The molecule has 26 heavy (non-hydrogen) atoms. The van der Waals surface area contributed by atoms with Crippen molar-refractivity contribution in [3.63, 3.8) is 0 Å². The number of aliphatic imine (C=N–C) groups is 1. The van der Waals surface area contributed by atoms with E-state index in [1.54, 1.807) is 6.08 Å². The Kier molecular flexibility index (Phi) is 4.74. The van der Waals surface area contributed by atoms with Gasteiger partial charge in [-0.05, 0) is 42.5 Å². The van der Waals surface area contributed by atoms with E-state index < -0.39 is 0 Å². The van der Waals surface area contributed by atoms with Crippen LogP contribution in [-0.2, 0) is 11.2 Å². The van der Waals surface area contributed by atoms with Crippen molar-refractivity contribution in [1.29, 1.82) is 0 Å². The maximum absolute atomic E-state index is 12.1. The third-order valence-electron chi connectivity index (χ3n) is 5.62. The number of carbonyl (C=O) groups is 1. The maximum atomic E-state index is 12.1. The summed E-state index contributed by atoms with van der Waals surface area (Å²) in [7, 11) is 0. The van der Waals surface area contributed by atoms with Crippen LogP contribution in [0.1, 0.15) is 43.7 Å². The van der Waals surface area contributed by atoms with E-state index in [9.17, 15) is 4.79 Å². The van der Waals surface area contributed by atoms with E-state index in [1.165, 1.54) is 0 Å². The van der Waals surface area contributed by atoms with Crippen LogP contribution in [-0.4, -0.2) is 31.3 Å². The Morgan fingerprint density at radius 2 is 2.19 bits per heavy atom. The van der Waals surface area contributed by atoms with Crippen LogP contribution in [0, 0.1) is 5.41 Å². The summed E-state index contributed by atoms with van der Waals surface area (Å²) in [6, 6.07) is 2.00. The molecule has 1 N–H and O–H groups in total. The van der Waals surface area contributed by atoms with Gasteiger partial charge < -0.3 is 10.1 Å². The van der Waals surface area contributed by atoms with Gasteiger partial charge in [0.2, 0.25) is 0 Å². The minimum absolute atomic E-state index is 0.00762. The number of carbonyl (C=O) groups excluding carboxylic acids is 1. The Balaban J connectivity index is 1.71. The molecule has 0 aromatic heterocycles. The second-order valence-electron chi connectivity index (χ2n) is 7.31. The average Bonchev–Trinajstić information content (AvgIpc) is 3.23. The monoisotopic (exact) mass is 392 g/mol. The van der Waals surface area contributed by atoms with Crippen molar-refractivity contribution in [2.45, 2.75) is 39.0 Å². The fraction of sp³-hybridized carbons (Fsp3) is 0.500. The zero-order valence-electron chi connectivity index (χ0n) is 14.8. The molecule has 0 fully saturated rings. The first kappa shape index (κ1) is 17.9. The molecule has 4 rings (SSSR count). The zero-order chi connectivity index (χ0) is 18.3. The van der Waals surface area contributed by atoms with Crippen LogP contribution in [0.5, 0.6) is 5.75 Å². The summed E-state index contributed by atoms with van der Waals surface area (Å²) in [5, 5.41) is 4.10. The van der Waals surface area contributed by atoms with Gasteiger partial charge >= 0.3 is 0 Å². The Hall–Kier alpha value is -1.52. The van der Waals surface area contributed by atoms with Crippen LogP contribution in [0.3, 0.4) is 0 Å². The highest BCUT2D eigenvalue weighted by molar-refractivity contribution is 6.44. The van der Waals surface area contributed by atoms with Gasteiger partial charge in [0.1, 0.15) is 23.2 Å². The topological polar surface area (TPSA) is 50.7 Å². The Morgan fingerprint density at radius 3 is 2.92 bits per heavy atom. The summed E-state index contributed by atoms with van der Waals surface area (Å²) in [6.45, 7) is 4.17. The lowest BCUT2D eigenvalue weighted by Crippen LogP contribution is -2.25. The lowest BCUT2D eigenvalue weighted by molar-refractivity contribution is -0.115. The molecular formula is C20H22Cl2N2O2. The molecule has 1 aromatic carbocycles. The first-order valence-electron chi connectivity index (χ1n) is 9.20. The number of nitrogens with one attached hydrogen (secondary N) is 1. The van der Waals surface area contributed by atoms with Crippen LogP contribution < -0.4 is 10.1 Å². The van der Waals surface area contributed by atoms with Crippen molar-refractivity contribution in [2.24, 2.45) is 10.4 Å². The highest BCUT2D eigenvalue weighted by atomic mass is 35.5. The molecule has 1 unspecified atom stereocenters. The molecule has 1 aromatic rings. The summed E-state index contributed by atoms with van der Waals surface area (Å²) in [5.41, 5.74) is 3.16. The Labute approximate surface area is 163 Å². The van der Waals surface area contributed by atoms with Crippen LogP contribution in [0.25, 0.3) is 5.57 Å². The number of hydrogen-bond acceptors (Lipinski definition) is 4. The fourth-order valence-corrected chi connectivity index (χ4v) is 4.99. The molecule has 0 amide bonds. The van der Waals surface area contributed by atoms with E-state index in [4.69, 9.17) is 27.9 Å². The molecule has 1 atom stereocenters.